The predicted octanol–water partition coefficient (Wildman–Crippen LogP) is 1.81. The van der Waals surface area contributed by atoms with Crippen LogP contribution in [0.15, 0.2) is 36.5 Å². The van der Waals surface area contributed by atoms with Crippen molar-refractivity contribution in [2.45, 2.75) is 0 Å². The lowest BCUT2D eigenvalue weighted by atomic mass is 10.2. The number of carboxylic acids is 1. The summed E-state index contributed by atoms with van der Waals surface area (Å²) in [5, 5.41) is 22.8. The molecule has 2 heterocycles. The van der Waals surface area contributed by atoms with Crippen LogP contribution in [0.4, 0.5) is 0 Å². The fraction of sp³-hybridized carbons (Fsp3) is 0.0714. The number of ether oxygens (including phenoxy) is 1. The second kappa shape index (κ2) is 4.78. The molecule has 0 unspecified atom stereocenters. The van der Waals surface area contributed by atoms with Gasteiger partial charge in [-0.1, -0.05) is 0 Å². The zero-order valence-corrected chi connectivity index (χ0v) is 11.0. The summed E-state index contributed by atoms with van der Waals surface area (Å²) in [4.78, 5) is 15.2. The van der Waals surface area contributed by atoms with E-state index in [9.17, 15) is 9.90 Å². The molecule has 21 heavy (non-hydrogen) atoms. The van der Waals surface area contributed by atoms with E-state index >= 15 is 0 Å². The zero-order chi connectivity index (χ0) is 15.0. The number of methoxy groups -OCH3 is 1. The maximum Gasteiger partial charge on any atom is 0.337 e. The standard InChI is InChI=1S/C14H11N3O4/c1-21-11-6-8(2-4-10(11)18)13-15-12-5-3-9(14(19)20)7-17(12)16-13/h2-7,18H,1H3,(H,19,20). The van der Waals surface area contributed by atoms with Gasteiger partial charge in [0, 0.05) is 11.8 Å². The fourth-order valence-electron chi connectivity index (χ4n) is 1.95. The number of aromatic carboxylic acids is 1. The molecule has 0 saturated carbocycles. The average Bonchev–Trinajstić information content (AvgIpc) is 2.90. The van der Waals surface area contributed by atoms with Crippen LogP contribution in [0.1, 0.15) is 10.4 Å². The minimum absolute atomic E-state index is 0.0261. The number of phenols is 1. The quantitative estimate of drug-likeness (QED) is 0.761. The topological polar surface area (TPSA) is 97.0 Å². The molecule has 0 radical (unpaired) electrons. The Bertz CT molecular complexity index is 841. The molecule has 7 nitrogen and oxygen atoms in total. The first kappa shape index (κ1) is 12.9. The Labute approximate surface area is 119 Å². The van der Waals surface area contributed by atoms with Crippen molar-refractivity contribution in [2.75, 3.05) is 7.11 Å². The number of rotatable bonds is 3. The van der Waals surface area contributed by atoms with E-state index in [1.165, 1.54) is 30.0 Å². The first-order valence-electron chi connectivity index (χ1n) is 6.05. The summed E-state index contributed by atoms with van der Waals surface area (Å²) in [7, 11) is 1.45. The average molecular weight is 285 g/mol. The molecule has 0 atom stereocenters. The normalized spacial score (nSPS) is 10.7. The number of aromatic nitrogens is 3. The molecule has 0 bridgehead atoms. The second-order valence-corrected chi connectivity index (χ2v) is 4.35. The largest absolute Gasteiger partial charge is 0.504 e. The summed E-state index contributed by atoms with van der Waals surface area (Å²) >= 11 is 0. The van der Waals surface area contributed by atoms with E-state index in [0.29, 0.717) is 22.8 Å². The van der Waals surface area contributed by atoms with Crippen molar-refractivity contribution in [3.8, 4) is 22.9 Å². The van der Waals surface area contributed by atoms with Gasteiger partial charge in [-0.3, -0.25) is 0 Å². The van der Waals surface area contributed by atoms with Crippen LogP contribution in [0.3, 0.4) is 0 Å². The first-order chi connectivity index (χ1) is 10.1. The van der Waals surface area contributed by atoms with E-state index in [-0.39, 0.29) is 11.3 Å². The van der Waals surface area contributed by atoms with Gasteiger partial charge in [-0.25, -0.2) is 14.3 Å². The van der Waals surface area contributed by atoms with Crippen LogP contribution >= 0.6 is 0 Å². The lowest BCUT2D eigenvalue weighted by molar-refractivity contribution is 0.0696. The Hall–Kier alpha value is -3.09. The summed E-state index contributed by atoms with van der Waals surface area (Å²) in [5.41, 5.74) is 1.31. The van der Waals surface area contributed by atoms with Gasteiger partial charge in [0.25, 0.3) is 0 Å². The third-order valence-electron chi connectivity index (χ3n) is 3.02. The Morgan fingerprint density at radius 2 is 2.10 bits per heavy atom. The molecule has 2 aromatic heterocycles. The maximum absolute atomic E-state index is 10.9. The van der Waals surface area contributed by atoms with E-state index in [0.717, 1.165) is 0 Å². The Kier molecular flexibility index (Phi) is 2.94. The van der Waals surface area contributed by atoms with Crippen molar-refractivity contribution < 1.29 is 19.7 Å². The van der Waals surface area contributed by atoms with Crippen molar-refractivity contribution in [1.82, 2.24) is 14.6 Å². The van der Waals surface area contributed by atoms with Crippen molar-refractivity contribution in [2.24, 2.45) is 0 Å². The Morgan fingerprint density at radius 1 is 1.29 bits per heavy atom. The van der Waals surface area contributed by atoms with Gasteiger partial charge in [-0.2, -0.15) is 0 Å². The SMILES string of the molecule is COc1cc(-c2nc3ccc(C(=O)O)cn3n2)ccc1O. The molecule has 7 heteroatoms. The maximum atomic E-state index is 10.9. The number of pyridine rings is 1. The van der Waals surface area contributed by atoms with Crippen LogP contribution < -0.4 is 4.74 Å². The smallest absolute Gasteiger partial charge is 0.337 e. The van der Waals surface area contributed by atoms with Gasteiger partial charge in [-0.05, 0) is 30.3 Å². The number of carboxylic acid groups (broad SMARTS) is 1. The van der Waals surface area contributed by atoms with Gasteiger partial charge in [0.15, 0.2) is 23.0 Å². The number of aromatic hydroxyl groups is 1. The molecule has 106 valence electrons. The second-order valence-electron chi connectivity index (χ2n) is 4.35. The van der Waals surface area contributed by atoms with Gasteiger partial charge in [0.2, 0.25) is 0 Å². The molecule has 3 rings (SSSR count). The Morgan fingerprint density at radius 3 is 2.81 bits per heavy atom. The van der Waals surface area contributed by atoms with Gasteiger partial charge in [0.05, 0.1) is 12.7 Å². The molecule has 0 aliphatic heterocycles. The number of hydrogen-bond acceptors (Lipinski definition) is 5. The molecule has 0 saturated heterocycles. The molecule has 0 aliphatic carbocycles. The third-order valence-corrected chi connectivity index (χ3v) is 3.02. The molecule has 0 aliphatic rings. The molecule has 3 aromatic rings. The number of benzene rings is 1. The third kappa shape index (κ3) is 2.25. The van der Waals surface area contributed by atoms with E-state index in [1.807, 2.05) is 0 Å². The molecular weight excluding hydrogens is 274 g/mol. The molecule has 1 aromatic carbocycles. The van der Waals surface area contributed by atoms with Crippen molar-refractivity contribution in [1.29, 1.82) is 0 Å². The van der Waals surface area contributed by atoms with E-state index in [2.05, 4.69) is 10.1 Å². The highest BCUT2D eigenvalue weighted by Gasteiger charge is 2.11. The van der Waals surface area contributed by atoms with Crippen LogP contribution in [-0.4, -0.2) is 37.9 Å². The highest BCUT2D eigenvalue weighted by Crippen LogP contribution is 2.30. The van der Waals surface area contributed by atoms with Gasteiger partial charge in [-0.15, -0.1) is 5.10 Å². The van der Waals surface area contributed by atoms with Crippen molar-refractivity contribution in [3.63, 3.8) is 0 Å². The molecule has 0 spiro atoms. The highest BCUT2D eigenvalue weighted by molar-refractivity contribution is 5.87. The summed E-state index contributed by atoms with van der Waals surface area (Å²) < 4.78 is 6.44. The number of fused-ring (bicyclic) bond motifs is 1. The minimum atomic E-state index is -1.03. The number of hydrogen-bond donors (Lipinski definition) is 2. The Balaban J connectivity index is 2.10. The van der Waals surface area contributed by atoms with Crippen LogP contribution in [0.25, 0.3) is 17.0 Å². The van der Waals surface area contributed by atoms with Gasteiger partial charge < -0.3 is 14.9 Å². The number of carbonyl (C=O) groups is 1. The summed E-state index contributed by atoms with van der Waals surface area (Å²) in [6.07, 6.45) is 1.39. The zero-order valence-electron chi connectivity index (χ0n) is 11.0. The number of phenolic OH excluding ortho intramolecular Hbond substituents is 1. The van der Waals surface area contributed by atoms with E-state index in [1.54, 1.807) is 18.2 Å². The minimum Gasteiger partial charge on any atom is -0.504 e. The van der Waals surface area contributed by atoms with E-state index < -0.39 is 5.97 Å². The molecular formula is C14H11N3O4. The summed E-state index contributed by atoms with van der Waals surface area (Å²) in [6.45, 7) is 0. The van der Waals surface area contributed by atoms with Crippen LogP contribution in [0.2, 0.25) is 0 Å². The van der Waals surface area contributed by atoms with Crippen molar-refractivity contribution in [3.05, 3.63) is 42.1 Å². The summed E-state index contributed by atoms with van der Waals surface area (Å²) in [5.74, 6) is -0.271. The predicted molar refractivity (Wildman–Crippen MR) is 73.6 cm³/mol. The lowest BCUT2D eigenvalue weighted by Crippen LogP contribution is -1.99. The van der Waals surface area contributed by atoms with Crippen LogP contribution in [0, 0.1) is 0 Å². The molecule has 0 amide bonds. The molecule has 2 N–H and O–H groups in total. The first-order valence-corrected chi connectivity index (χ1v) is 6.05. The van der Waals surface area contributed by atoms with Gasteiger partial charge >= 0.3 is 5.97 Å². The summed E-state index contributed by atoms with van der Waals surface area (Å²) in [6, 6.07) is 7.81. The lowest BCUT2D eigenvalue weighted by Gasteiger charge is -2.03. The van der Waals surface area contributed by atoms with E-state index in [4.69, 9.17) is 9.84 Å². The monoisotopic (exact) mass is 285 g/mol. The molecule has 0 fully saturated rings. The van der Waals surface area contributed by atoms with Crippen molar-refractivity contribution >= 4 is 11.6 Å². The van der Waals surface area contributed by atoms with Crippen LogP contribution in [0.5, 0.6) is 11.5 Å². The fourth-order valence-corrected chi connectivity index (χ4v) is 1.95. The number of nitrogens with zero attached hydrogens (tertiary/aromatic N) is 3. The van der Waals surface area contributed by atoms with Crippen LogP contribution in [-0.2, 0) is 0 Å². The van der Waals surface area contributed by atoms with Gasteiger partial charge in [0.1, 0.15) is 0 Å². The highest BCUT2D eigenvalue weighted by atomic mass is 16.5.